The third kappa shape index (κ3) is 11.7. The molecule has 1 atom stereocenters. The highest BCUT2D eigenvalue weighted by atomic mass is 32.2. The van der Waals surface area contributed by atoms with Crippen molar-refractivity contribution < 1.29 is 27.5 Å². The van der Waals surface area contributed by atoms with Crippen molar-refractivity contribution in [2.45, 2.75) is 24.9 Å². The summed E-state index contributed by atoms with van der Waals surface area (Å²) in [6.45, 7) is -0.698. The molecule has 0 fully saturated rings. The van der Waals surface area contributed by atoms with Crippen LogP contribution in [0.3, 0.4) is 0 Å². The highest BCUT2D eigenvalue weighted by molar-refractivity contribution is 7.88. The number of amides is 3. The summed E-state index contributed by atoms with van der Waals surface area (Å²) in [6, 6.07) is 22.7. The van der Waals surface area contributed by atoms with Gasteiger partial charge in [0.05, 0.1) is 18.0 Å². The van der Waals surface area contributed by atoms with Crippen LogP contribution in [0.4, 0.5) is 10.5 Å². The number of alkyl carbamates (subject to hydrolysis) is 1. The average molecular weight is 596 g/mol. The third-order valence-corrected chi connectivity index (χ3v) is 6.97. The van der Waals surface area contributed by atoms with Gasteiger partial charge in [-0.25, -0.2) is 22.9 Å². The second-order valence-corrected chi connectivity index (χ2v) is 10.8. The van der Waals surface area contributed by atoms with Crippen molar-refractivity contribution >= 4 is 39.6 Å². The van der Waals surface area contributed by atoms with Gasteiger partial charge in [0.15, 0.2) is 5.96 Å². The number of rotatable bonds is 14. The fraction of sp³-hybridized carbons (Fsp3) is 0.214. The zero-order chi connectivity index (χ0) is 30.4. The lowest BCUT2D eigenvalue weighted by Crippen LogP contribution is -2.54. The van der Waals surface area contributed by atoms with Gasteiger partial charge in [0.2, 0.25) is 21.8 Å². The Balaban J connectivity index is 1.55. The van der Waals surface area contributed by atoms with Crippen LogP contribution in [0.5, 0.6) is 0 Å². The van der Waals surface area contributed by atoms with Gasteiger partial charge in [0, 0.05) is 13.1 Å². The molecular weight excluding hydrogens is 562 g/mol. The van der Waals surface area contributed by atoms with Gasteiger partial charge < -0.3 is 32.2 Å². The highest BCUT2D eigenvalue weighted by Crippen LogP contribution is 2.12. The van der Waals surface area contributed by atoms with Gasteiger partial charge in [0.25, 0.3) is 0 Å². The van der Waals surface area contributed by atoms with Crippen molar-refractivity contribution in [3.05, 3.63) is 102 Å². The minimum Gasteiger partial charge on any atom is -0.445 e. The van der Waals surface area contributed by atoms with Gasteiger partial charge in [0.1, 0.15) is 12.6 Å². The van der Waals surface area contributed by atoms with Crippen molar-refractivity contribution in [1.82, 2.24) is 20.7 Å². The number of nitrogens with zero attached hydrogens (tertiary/aromatic N) is 1. The van der Waals surface area contributed by atoms with E-state index in [2.05, 4.69) is 25.7 Å². The number of sulfonamides is 1. The molecule has 0 aliphatic carbocycles. The SMILES string of the molecule is NC(N)=Nc1ccc(CNC(=O)CNC(=O)C(CNC(=O)OCc2ccccc2)NS(=O)(=O)Cc2ccccc2)cc1. The van der Waals surface area contributed by atoms with Crippen molar-refractivity contribution in [1.29, 1.82) is 0 Å². The number of hydrogen-bond acceptors (Lipinski definition) is 7. The average Bonchev–Trinajstić information content (AvgIpc) is 2.97. The van der Waals surface area contributed by atoms with Crippen molar-refractivity contribution in [3.8, 4) is 0 Å². The number of carbonyl (C=O) groups is 3. The fourth-order valence-electron chi connectivity index (χ4n) is 3.59. The first-order valence-corrected chi connectivity index (χ1v) is 14.5. The minimum atomic E-state index is -4.01. The standard InChI is InChI=1S/C28H33N7O6S/c29-27(30)34-23-13-11-20(12-14-23)15-31-25(36)17-32-26(37)24(35-42(39,40)19-22-9-5-2-6-10-22)16-33-28(38)41-18-21-7-3-1-4-8-21/h1-14,24,35H,15-19H2,(H,31,36)(H,32,37)(H,33,38)(H4,29,30,34). The van der Waals surface area contributed by atoms with E-state index in [1.165, 1.54) is 0 Å². The van der Waals surface area contributed by atoms with Crippen molar-refractivity contribution in [3.63, 3.8) is 0 Å². The molecule has 0 aromatic heterocycles. The second kappa shape index (κ2) is 15.7. The smallest absolute Gasteiger partial charge is 0.407 e. The Kier molecular flexibility index (Phi) is 11.8. The molecule has 42 heavy (non-hydrogen) atoms. The molecule has 0 aliphatic heterocycles. The molecule has 3 amide bonds. The molecule has 3 aromatic rings. The molecule has 1 unspecified atom stereocenters. The van der Waals surface area contributed by atoms with Crippen LogP contribution in [-0.4, -0.2) is 51.4 Å². The molecule has 3 aromatic carbocycles. The van der Waals surface area contributed by atoms with Crippen LogP contribution in [-0.2, 0) is 43.3 Å². The molecule has 8 N–H and O–H groups in total. The first-order valence-electron chi connectivity index (χ1n) is 12.8. The number of carbonyl (C=O) groups excluding carboxylic acids is 3. The third-order valence-electron chi connectivity index (χ3n) is 5.61. The maximum atomic E-state index is 12.9. The van der Waals surface area contributed by atoms with E-state index >= 15 is 0 Å². The maximum absolute atomic E-state index is 12.9. The van der Waals surface area contributed by atoms with Crippen LogP contribution in [0.15, 0.2) is 89.9 Å². The minimum absolute atomic E-state index is 0.0134. The quantitative estimate of drug-likeness (QED) is 0.115. The van der Waals surface area contributed by atoms with E-state index in [1.807, 2.05) is 6.07 Å². The molecule has 0 saturated heterocycles. The lowest BCUT2D eigenvalue weighted by molar-refractivity contribution is -0.127. The van der Waals surface area contributed by atoms with Crippen LogP contribution >= 0.6 is 0 Å². The van der Waals surface area contributed by atoms with Crippen molar-refractivity contribution in [2.24, 2.45) is 16.5 Å². The Hall–Kier alpha value is -4.95. The lowest BCUT2D eigenvalue weighted by atomic mass is 10.2. The van der Waals surface area contributed by atoms with Crippen LogP contribution in [0.2, 0.25) is 0 Å². The molecule has 0 bridgehead atoms. The molecule has 0 spiro atoms. The summed E-state index contributed by atoms with van der Waals surface area (Å²) in [7, 11) is -4.01. The first kappa shape index (κ1) is 31.6. The summed E-state index contributed by atoms with van der Waals surface area (Å²) in [5.41, 5.74) is 13.3. The molecular formula is C28H33N7O6S. The van der Waals surface area contributed by atoms with E-state index in [1.54, 1.807) is 78.9 Å². The number of nitrogens with two attached hydrogens (primary N) is 2. The summed E-state index contributed by atoms with van der Waals surface area (Å²) in [6.07, 6.45) is -0.845. The van der Waals surface area contributed by atoms with E-state index in [0.29, 0.717) is 11.3 Å². The van der Waals surface area contributed by atoms with Gasteiger partial charge >= 0.3 is 6.09 Å². The van der Waals surface area contributed by atoms with Gasteiger partial charge in [-0.3, -0.25) is 9.59 Å². The van der Waals surface area contributed by atoms with E-state index in [0.717, 1.165) is 11.1 Å². The van der Waals surface area contributed by atoms with Crippen LogP contribution in [0, 0.1) is 0 Å². The monoisotopic (exact) mass is 595 g/mol. The molecule has 0 aliphatic rings. The summed E-state index contributed by atoms with van der Waals surface area (Å²) in [4.78, 5) is 41.4. The van der Waals surface area contributed by atoms with Gasteiger partial charge in [-0.05, 0) is 28.8 Å². The summed E-state index contributed by atoms with van der Waals surface area (Å²) >= 11 is 0. The second-order valence-electron chi connectivity index (χ2n) is 9.06. The Morgan fingerprint density at radius 3 is 2.02 bits per heavy atom. The zero-order valence-corrected chi connectivity index (χ0v) is 23.5. The predicted octanol–water partition coefficient (Wildman–Crippen LogP) is 0.739. The largest absolute Gasteiger partial charge is 0.445 e. The van der Waals surface area contributed by atoms with E-state index in [9.17, 15) is 22.8 Å². The summed E-state index contributed by atoms with van der Waals surface area (Å²) in [5, 5.41) is 7.45. The number of aliphatic imine (C=N–C) groups is 1. The zero-order valence-electron chi connectivity index (χ0n) is 22.7. The Bertz CT molecular complexity index is 1460. The molecule has 0 saturated carbocycles. The van der Waals surface area contributed by atoms with E-state index in [-0.39, 0.29) is 19.1 Å². The van der Waals surface area contributed by atoms with Crippen LogP contribution in [0.1, 0.15) is 16.7 Å². The lowest BCUT2D eigenvalue weighted by Gasteiger charge is -2.19. The summed E-state index contributed by atoms with van der Waals surface area (Å²) in [5.74, 6) is -1.80. The highest BCUT2D eigenvalue weighted by Gasteiger charge is 2.26. The van der Waals surface area contributed by atoms with Gasteiger partial charge in [-0.2, -0.15) is 0 Å². The molecule has 222 valence electrons. The number of ether oxygens (including phenoxy) is 1. The molecule has 14 heteroatoms. The Labute approximate surface area is 243 Å². The number of hydrogen-bond donors (Lipinski definition) is 6. The fourth-order valence-corrected chi connectivity index (χ4v) is 4.93. The van der Waals surface area contributed by atoms with Crippen LogP contribution in [0.25, 0.3) is 0 Å². The number of nitrogens with one attached hydrogen (secondary N) is 4. The molecule has 0 heterocycles. The van der Waals surface area contributed by atoms with Crippen molar-refractivity contribution in [2.75, 3.05) is 13.1 Å². The maximum Gasteiger partial charge on any atom is 0.407 e. The first-order chi connectivity index (χ1) is 20.1. The topological polar surface area (TPSA) is 207 Å². The normalized spacial score (nSPS) is 11.5. The molecule has 3 rings (SSSR count). The Morgan fingerprint density at radius 1 is 0.786 bits per heavy atom. The number of guanidine groups is 1. The molecule has 0 radical (unpaired) electrons. The Morgan fingerprint density at radius 2 is 1.40 bits per heavy atom. The van der Waals surface area contributed by atoms with E-state index < -0.39 is 52.8 Å². The van der Waals surface area contributed by atoms with E-state index in [4.69, 9.17) is 16.2 Å². The van der Waals surface area contributed by atoms with Gasteiger partial charge in [-0.1, -0.05) is 72.8 Å². The van der Waals surface area contributed by atoms with Gasteiger partial charge in [-0.15, -0.1) is 0 Å². The van der Waals surface area contributed by atoms with Crippen LogP contribution < -0.4 is 32.1 Å². The summed E-state index contributed by atoms with van der Waals surface area (Å²) < 4.78 is 33.1. The number of benzene rings is 3. The molecule has 13 nitrogen and oxygen atoms in total. The predicted molar refractivity (Wildman–Crippen MR) is 157 cm³/mol.